The summed E-state index contributed by atoms with van der Waals surface area (Å²) in [6.45, 7) is 0.750. The Hall–Kier alpha value is -1.45. The van der Waals surface area contributed by atoms with Gasteiger partial charge in [-0.05, 0) is 42.5 Å². The summed E-state index contributed by atoms with van der Waals surface area (Å²) in [6.07, 6.45) is 1.51. The highest BCUT2D eigenvalue weighted by Gasteiger charge is 2.23. The summed E-state index contributed by atoms with van der Waals surface area (Å²) >= 11 is 1.72. The molecular weight excluding hydrogens is 280 g/mol. The monoisotopic (exact) mass is 300 g/mol. The second kappa shape index (κ2) is 7.01. The molecule has 1 heterocycles. The molecule has 0 aromatic heterocycles. The van der Waals surface area contributed by atoms with Gasteiger partial charge >= 0.3 is 0 Å². The maximum absolute atomic E-state index is 10.3. The highest BCUT2D eigenvalue weighted by molar-refractivity contribution is 7.99. The standard InChI is InChI=1S/C18H20O2S/c19-15(13-21-16-6-2-1-3-7-16)12-14-10-11-20-18-9-5-4-8-17(14)18/h1-9,14-15,19H,10-13H2. The van der Waals surface area contributed by atoms with Gasteiger partial charge in [-0.1, -0.05) is 36.4 Å². The smallest absolute Gasteiger partial charge is 0.122 e. The number of thioether (sulfide) groups is 1. The van der Waals surface area contributed by atoms with Crippen molar-refractivity contribution in [1.29, 1.82) is 0 Å². The third-order valence-corrected chi connectivity index (χ3v) is 4.98. The Morgan fingerprint density at radius 1 is 1.10 bits per heavy atom. The van der Waals surface area contributed by atoms with E-state index in [1.54, 1.807) is 11.8 Å². The van der Waals surface area contributed by atoms with Crippen LogP contribution in [0.3, 0.4) is 0 Å². The van der Waals surface area contributed by atoms with Crippen molar-refractivity contribution in [2.75, 3.05) is 12.4 Å². The van der Waals surface area contributed by atoms with Crippen molar-refractivity contribution in [1.82, 2.24) is 0 Å². The minimum Gasteiger partial charge on any atom is -0.493 e. The van der Waals surface area contributed by atoms with Crippen LogP contribution in [-0.2, 0) is 0 Å². The van der Waals surface area contributed by atoms with Crippen molar-refractivity contribution >= 4 is 11.8 Å². The molecule has 2 unspecified atom stereocenters. The lowest BCUT2D eigenvalue weighted by atomic mass is 9.88. The van der Waals surface area contributed by atoms with E-state index in [1.165, 1.54) is 10.5 Å². The molecule has 0 fully saturated rings. The summed E-state index contributed by atoms with van der Waals surface area (Å²) in [5.74, 6) is 2.13. The summed E-state index contributed by atoms with van der Waals surface area (Å²) in [5, 5.41) is 10.3. The molecule has 0 amide bonds. The number of aliphatic hydroxyl groups is 1. The van der Waals surface area contributed by atoms with Crippen LogP contribution >= 0.6 is 11.8 Å². The Labute approximate surface area is 130 Å². The van der Waals surface area contributed by atoms with Gasteiger partial charge in [0.1, 0.15) is 5.75 Å². The minimum absolute atomic E-state index is 0.286. The fraction of sp³-hybridized carbons (Fsp3) is 0.333. The van der Waals surface area contributed by atoms with Crippen LogP contribution in [0.1, 0.15) is 24.3 Å². The molecule has 2 aromatic carbocycles. The van der Waals surface area contributed by atoms with Crippen LogP contribution in [0.25, 0.3) is 0 Å². The molecule has 0 radical (unpaired) electrons. The van der Waals surface area contributed by atoms with Crippen molar-refractivity contribution in [3.05, 3.63) is 60.2 Å². The number of fused-ring (bicyclic) bond motifs is 1. The normalized spacial score (nSPS) is 18.6. The summed E-state index contributed by atoms with van der Waals surface area (Å²) in [5.41, 5.74) is 1.24. The van der Waals surface area contributed by atoms with Gasteiger partial charge in [-0.15, -0.1) is 11.8 Å². The molecule has 2 aromatic rings. The van der Waals surface area contributed by atoms with Gasteiger partial charge in [0.05, 0.1) is 12.7 Å². The maximum Gasteiger partial charge on any atom is 0.122 e. The van der Waals surface area contributed by atoms with Crippen LogP contribution in [0.15, 0.2) is 59.5 Å². The molecule has 110 valence electrons. The van der Waals surface area contributed by atoms with E-state index < -0.39 is 0 Å². The summed E-state index contributed by atoms with van der Waals surface area (Å²) in [7, 11) is 0. The molecule has 0 bridgehead atoms. The number of rotatable bonds is 5. The van der Waals surface area contributed by atoms with Crippen molar-refractivity contribution in [3.8, 4) is 5.75 Å². The molecule has 0 spiro atoms. The van der Waals surface area contributed by atoms with E-state index in [4.69, 9.17) is 4.74 Å². The second-order valence-electron chi connectivity index (χ2n) is 5.39. The fourth-order valence-electron chi connectivity index (χ4n) is 2.77. The zero-order valence-corrected chi connectivity index (χ0v) is 12.8. The highest BCUT2D eigenvalue weighted by atomic mass is 32.2. The van der Waals surface area contributed by atoms with Gasteiger partial charge in [0.2, 0.25) is 0 Å². The Kier molecular flexibility index (Phi) is 4.84. The molecule has 2 nitrogen and oxygen atoms in total. The van der Waals surface area contributed by atoms with Crippen LogP contribution in [0, 0.1) is 0 Å². The van der Waals surface area contributed by atoms with Gasteiger partial charge in [-0.3, -0.25) is 0 Å². The number of ether oxygens (including phenoxy) is 1. The van der Waals surface area contributed by atoms with E-state index in [1.807, 2.05) is 36.4 Å². The van der Waals surface area contributed by atoms with E-state index in [0.29, 0.717) is 5.92 Å². The highest BCUT2D eigenvalue weighted by Crippen LogP contribution is 2.36. The molecule has 0 aliphatic carbocycles. The number of hydrogen-bond donors (Lipinski definition) is 1. The second-order valence-corrected chi connectivity index (χ2v) is 6.48. The largest absolute Gasteiger partial charge is 0.493 e. The van der Waals surface area contributed by atoms with Gasteiger partial charge in [0.25, 0.3) is 0 Å². The molecule has 0 saturated heterocycles. The van der Waals surface area contributed by atoms with Crippen molar-refractivity contribution in [2.24, 2.45) is 0 Å². The average Bonchev–Trinajstić information content (AvgIpc) is 2.54. The van der Waals surface area contributed by atoms with Gasteiger partial charge in [-0.25, -0.2) is 0 Å². The lowest BCUT2D eigenvalue weighted by Crippen LogP contribution is -2.20. The van der Waals surface area contributed by atoms with Crippen LogP contribution in [0.2, 0.25) is 0 Å². The number of aliphatic hydroxyl groups excluding tert-OH is 1. The third-order valence-electron chi connectivity index (χ3n) is 3.82. The molecule has 0 saturated carbocycles. The van der Waals surface area contributed by atoms with Gasteiger partial charge in [-0.2, -0.15) is 0 Å². The van der Waals surface area contributed by atoms with Crippen molar-refractivity contribution in [2.45, 2.75) is 29.8 Å². The van der Waals surface area contributed by atoms with E-state index in [-0.39, 0.29) is 6.10 Å². The van der Waals surface area contributed by atoms with Crippen LogP contribution in [0.4, 0.5) is 0 Å². The average molecular weight is 300 g/mol. The SMILES string of the molecule is OC(CSc1ccccc1)CC1CCOc2ccccc21. The first-order valence-electron chi connectivity index (χ1n) is 7.40. The molecule has 1 N–H and O–H groups in total. The predicted molar refractivity (Wildman–Crippen MR) is 87.1 cm³/mol. The molecule has 2 atom stereocenters. The maximum atomic E-state index is 10.3. The van der Waals surface area contributed by atoms with Crippen LogP contribution in [0.5, 0.6) is 5.75 Å². The first-order valence-corrected chi connectivity index (χ1v) is 8.39. The van der Waals surface area contributed by atoms with Gasteiger partial charge < -0.3 is 9.84 Å². The third kappa shape index (κ3) is 3.80. The summed E-state index contributed by atoms with van der Waals surface area (Å²) in [6, 6.07) is 18.4. The van der Waals surface area contributed by atoms with E-state index in [0.717, 1.165) is 31.0 Å². The van der Waals surface area contributed by atoms with E-state index in [2.05, 4.69) is 18.2 Å². The van der Waals surface area contributed by atoms with Crippen LogP contribution < -0.4 is 4.74 Å². The van der Waals surface area contributed by atoms with E-state index in [9.17, 15) is 5.11 Å². The lowest BCUT2D eigenvalue weighted by molar-refractivity contribution is 0.164. The van der Waals surface area contributed by atoms with Crippen molar-refractivity contribution < 1.29 is 9.84 Å². The zero-order valence-electron chi connectivity index (χ0n) is 11.9. The number of hydrogen-bond acceptors (Lipinski definition) is 3. The molecule has 21 heavy (non-hydrogen) atoms. The minimum atomic E-state index is -0.286. The van der Waals surface area contributed by atoms with Crippen LogP contribution in [-0.4, -0.2) is 23.6 Å². The first-order chi connectivity index (χ1) is 10.3. The quantitative estimate of drug-likeness (QED) is 0.843. The zero-order chi connectivity index (χ0) is 14.5. The first kappa shape index (κ1) is 14.5. The molecule has 3 heteroatoms. The predicted octanol–water partition coefficient (Wildman–Crippen LogP) is 4.10. The Balaban J connectivity index is 1.57. The topological polar surface area (TPSA) is 29.5 Å². The molecule has 1 aliphatic rings. The lowest BCUT2D eigenvalue weighted by Gasteiger charge is -2.27. The van der Waals surface area contributed by atoms with Gasteiger partial charge in [0, 0.05) is 10.6 Å². The number of benzene rings is 2. The molecular formula is C18H20O2S. The Morgan fingerprint density at radius 3 is 2.71 bits per heavy atom. The number of para-hydroxylation sites is 1. The fourth-order valence-corrected chi connectivity index (χ4v) is 3.64. The van der Waals surface area contributed by atoms with Crippen molar-refractivity contribution in [3.63, 3.8) is 0 Å². The van der Waals surface area contributed by atoms with E-state index >= 15 is 0 Å². The Morgan fingerprint density at radius 2 is 1.86 bits per heavy atom. The Bertz CT molecular complexity index is 570. The summed E-state index contributed by atoms with van der Waals surface area (Å²) < 4.78 is 5.68. The summed E-state index contributed by atoms with van der Waals surface area (Å²) in [4.78, 5) is 1.21. The molecule has 3 rings (SSSR count). The van der Waals surface area contributed by atoms with Gasteiger partial charge in [0.15, 0.2) is 0 Å². The molecule has 1 aliphatic heterocycles.